The summed E-state index contributed by atoms with van der Waals surface area (Å²) in [6.45, 7) is 6.72. The molecule has 134 valence electrons. The van der Waals surface area contributed by atoms with E-state index < -0.39 is 5.97 Å². The molecule has 0 aliphatic rings. The van der Waals surface area contributed by atoms with Crippen LogP contribution in [0.5, 0.6) is 5.75 Å². The summed E-state index contributed by atoms with van der Waals surface area (Å²) in [5.74, 6) is -0.121. The summed E-state index contributed by atoms with van der Waals surface area (Å²) in [5, 5.41) is 11.7. The van der Waals surface area contributed by atoms with E-state index in [1.54, 1.807) is 6.92 Å². The maximum absolute atomic E-state index is 12.5. The van der Waals surface area contributed by atoms with E-state index in [1.807, 2.05) is 24.3 Å². The van der Waals surface area contributed by atoms with Crippen molar-refractivity contribution in [3.63, 3.8) is 0 Å². The first kappa shape index (κ1) is 18.6. The van der Waals surface area contributed by atoms with Crippen molar-refractivity contribution in [2.24, 2.45) is 5.92 Å². The highest BCUT2D eigenvalue weighted by atomic mass is 16.5. The Kier molecular flexibility index (Phi) is 6.22. The molecule has 2 rings (SSSR count). The lowest BCUT2D eigenvalue weighted by molar-refractivity contribution is -0.136. The molecule has 1 aromatic heterocycles. The Morgan fingerprint density at radius 2 is 2.00 bits per heavy atom. The van der Waals surface area contributed by atoms with E-state index in [0.717, 1.165) is 11.3 Å². The standard InChI is InChI=1S/C19H23NO5/c1-12(2)10-24-15-7-5-4-6-14(15)9-20-19(23)18-13(3)11-25-16(18)8-17(21)22/h4-7,11-12H,8-10H2,1-3H3,(H,20,23)(H,21,22). The molecule has 0 fully saturated rings. The summed E-state index contributed by atoms with van der Waals surface area (Å²) in [6.07, 6.45) is 1.07. The molecule has 0 radical (unpaired) electrons. The molecular formula is C19H23NO5. The largest absolute Gasteiger partial charge is 0.493 e. The Morgan fingerprint density at radius 1 is 1.28 bits per heavy atom. The van der Waals surface area contributed by atoms with Gasteiger partial charge >= 0.3 is 5.97 Å². The van der Waals surface area contributed by atoms with Crippen molar-refractivity contribution in [1.29, 1.82) is 0 Å². The molecule has 0 atom stereocenters. The van der Waals surface area contributed by atoms with E-state index in [9.17, 15) is 9.59 Å². The molecule has 0 saturated carbocycles. The van der Waals surface area contributed by atoms with Gasteiger partial charge in [0, 0.05) is 17.7 Å². The number of nitrogens with one attached hydrogen (secondary N) is 1. The number of carbonyl (C=O) groups is 2. The van der Waals surface area contributed by atoms with Gasteiger partial charge in [-0.25, -0.2) is 0 Å². The molecule has 0 saturated heterocycles. The number of ether oxygens (including phenoxy) is 1. The number of hydrogen-bond acceptors (Lipinski definition) is 4. The number of furan rings is 1. The zero-order valence-electron chi connectivity index (χ0n) is 14.7. The molecule has 1 heterocycles. The van der Waals surface area contributed by atoms with Crippen molar-refractivity contribution >= 4 is 11.9 Å². The maximum Gasteiger partial charge on any atom is 0.311 e. The molecule has 1 aromatic carbocycles. The van der Waals surface area contributed by atoms with Gasteiger partial charge in [0.2, 0.25) is 0 Å². The molecule has 6 nitrogen and oxygen atoms in total. The van der Waals surface area contributed by atoms with Gasteiger partial charge in [0.25, 0.3) is 5.91 Å². The molecule has 6 heteroatoms. The van der Waals surface area contributed by atoms with Crippen molar-refractivity contribution in [1.82, 2.24) is 5.32 Å². The molecule has 0 aliphatic heterocycles. The van der Waals surface area contributed by atoms with Crippen LogP contribution >= 0.6 is 0 Å². The van der Waals surface area contributed by atoms with E-state index in [0.29, 0.717) is 18.1 Å². The van der Waals surface area contributed by atoms with Gasteiger partial charge in [-0.1, -0.05) is 32.0 Å². The van der Waals surface area contributed by atoms with Crippen LogP contribution in [0.2, 0.25) is 0 Å². The van der Waals surface area contributed by atoms with Gasteiger partial charge in [0.1, 0.15) is 17.9 Å². The second kappa shape index (κ2) is 8.37. The molecular weight excluding hydrogens is 322 g/mol. The van der Waals surface area contributed by atoms with Crippen molar-refractivity contribution in [3.8, 4) is 5.75 Å². The third kappa shape index (κ3) is 5.11. The van der Waals surface area contributed by atoms with Crippen molar-refractivity contribution < 1.29 is 23.8 Å². The number of aliphatic carboxylic acids is 1. The quantitative estimate of drug-likeness (QED) is 0.767. The summed E-state index contributed by atoms with van der Waals surface area (Å²) < 4.78 is 11.0. The smallest absolute Gasteiger partial charge is 0.311 e. The fourth-order valence-corrected chi connectivity index (χ4v) is 2.38. The Morgan fingerprint density at radius 3 is 2.68 bits per heavy atom. The second-order valence-electron chi connectivity index (χ2n) is 6.28. The number of rotatable bonds is 8. The van der Waals surface area contributed by atoms with E-state index in [-0.39, 0.29) is 30.2 Å². The van der Waals surface area contributed by atoms with Crippen LogP contribution in [0.4, 0.5) is 0 Å². The fraction of sp³-hybridized carbons (Fsp3) is 0.368. The van der Waals surface area contributed by atoms with Crippen molar-refractivity contribution in [3.05, 3.63) is 53.0 Å². The van der Waals surface area contributed by atoms with Crippen LogP contribution in [-0.2, 0) is 17.8 Å². The Hall–Kier alpha value is -2.76. The van der Waals surface area contributed by atoms with Gasteiger partial charge in [-0.2, -0.15) is 0 Å². The van der Waals surface area contributed by atoms with E-state index in [2.05, 4.69) is 19.2 Å². The van der Waals surface area contributed by atoms with Gasteiger partial charge in [0.05, 0.1) is 18.4 Å². The van der Waals surface area contributed by atoms with Crippen LogP contribution in [-0.4, -0.2) is 23.6 Å². The minimum Gasteiger partial charge on any atom is -0.493 e. The average Bonchev–Trinajstić information content (AvgIpc) is 2.91. The van der Waals surface area contributed by atoms with Gasteiger partial charge in [-0.15, -0.1) is 0 Å². The molecule has 1 amide bonds. The zero-order chi connectivity index (χ0) is 18.4. The Bertz CT molecular complexity index is 748. The Balaban J connectivity index is 2.08. The van der Waals surface area contributed by atoms with Crippen LogP contribution in [0.1, 0.15) is 41.1 Å². The predicted molar refractivity (Wildman–Crippen MR) is 92.7 cm³/mol. The molecule has 2 N–H and O–H groups in total. The van der Waals surface area contributed by atoms with Crippen LogP contribution in [0.15, 0.2) is 34.9 Å². The first-order chi connectivity index (χ1) is 11.9. The fourth-order valence-electron chi connectivity index (χ4n) is 2.38. The lowest BCUT2D eigenvalue weighted by atomic mass is 10.1. The number of hydrogen-bond donors (Lipinski definition) is 2. The molecule has 0 unspecified atom stereocenters. The summed E-state index contributed by atoms with van der Waals surface area (Å²) in [4.78, 5) is 23.4. The van der Waals surface area contributed by atoms with E-state index in [4.69, 9.17) is 14.3 Å². The minimum absolute atomic E-state index is 0.159. The highest BCUT2D eigenvalue weighted by Gasteiger charge is 2.20. The van der Waals surface area contributed by atoms with Crippen LogP contribution in [0.3, 0.4) is 0 Å². The predicted octanol–water partition coefficient (Wildman–Crippen LogP) is 3.18. The zero-order valence-corrected chi connectivity index (χ0v) is 14.7. The number of aryl methyl sites for hydroxylation is 1. The number of amides is 1. The first-order valence-corrected chi connectivity index (χ1v) is 8.16. The SMILES string of the molecule is Cc1coc(CC(=O)O)c1C(=O)NCc1ccccc1OCC(C)C. The normalized spacial score (nSPS) is 10.7. The highest BCUT2D eigenvalue weighted by molar-refractivity contribution is 5.97. The lowest BCUT2D eigenvalue weighted by Crippen LogP contribution is -2.25. The van der Waals surface area contributed by atoms with E-state index >= 15 is 0 Å². The molecule has 2 aromatic rings. The number of benzene rings is 1. The number of carboxylic acid groups (broad SMARTS) is 1. The van der Waals surface area contributed by atoms with Gasteiger partial charge in [-0.05, 0) is 18.9 Å². The third-order valence-corrected chi connectivity index (χ3v) is 3.57. The summed E-state index contributed by atoms with van der Waals surface area (Å²) in [6, 6.07) is 7.51. The van der Waals surface area contributed by atoms with Crippen LogP contribution < -0.4 is 10.1 Å². The summed E-state index contributed by atoms with van der Waals surface area (Å²) >= 11 is 0. The monoisotopic (exact) mass is 345 g/mol. The van der Waals surface area contributed by atoms with Crippen molar-refractivity contribution in [2.75, 3.05) is 6.61 Å². The van der Waals surface area contributed by atoms with Gasteiger partial charge in [-0.3, -0.25) is 9.59 Å². The maximum atomic E-state index is 12.5. The lowest BCUT2D eigenvalue weighted by Gasteiger charge is -2.13. The number of carboxylic acids is 1. The molecule has 0 spiro atoms. The minimum atomic E-state index is -1.05. The first-order valence-electron chi connectivity index (χ1n) is 8.16. The van der Waals surface area contributed by atoms with Gasteiger partial charge < -0.3 is 19.6 Å². The topological polar surface area (TPSA) is 88.8 Å². The Labute approximate surface area is 146 Å². The average molecular weight is 345 g/mol. The highest BCUT2D eigenvalue weighted by Crippen LogP contribution is 2.20. The number of carbonyl (C=O) groups excluding carboxylic acids is 1. The molecule has 25 heavy (non-hydrogen) atoms. The summed E-state index contributed by atoms with van der Waals surface area (Å²) in [7, 11) is 0. The number of para-hydroxylation sites is 1. The van der Waals surface area contributed by atoms with Crippen LogP contribution in [0.25, 0.3) is 0 Å². The van der Waals surface area contributed by atoms with Crippen molar-refractivity contribution in [2.45, 2.75) is 33.7 Å². The summed E-state index contributed by atoms with van der Waals surface area (Å²) in [5.41, 5.74) is 1.75. The second-order valence-corrected chi connectivity index (χ2v) is 6.28. The molecule has 0 aliphatic carbocycles. The molecule has 0 bridgehead atoms. The third-order valence-electron chi connectivity index (χ3n) is 3.57. The van der Waals surface area contributed by atoms with Crippen LogP contribution in [0, 0.1) is 12.8 Å². The van der Waals surface area contributed by atoms with Gasteiger partial charge in [0.15, 0.2) is 0 Å². The van der Waals surface area contributed by atoms with E-state index in [1.165, 1.54) is 6.26 Å².